The molecule has 0 aromatic heterocycles. The van der Waals surface area contributed by atoms with Gasteiger partial charge in [0.2, 0.25) is 0 Å². The van der Waals surface area contributed by atoms with E-state index < -0.39 is 0 Å². The molecule has 118 valence electrons. The number of nitrogens with zero attached hydrogens (tertiary/aromatic N) is 2. The molecule has 2 rings (SSSR count). The van der Waals surface area contributed by atoms with Crippen LogP contribution in [0.25, 0.3) is 0 Å². The van der Waals surface area contributed by atoms with Crippen molar-refractivity contribution in [1.82, 2.24) is 15.1 Å². The molecule has 0 atom stereocenters. The van der Waals surface area contributed by atoms with Crippen molar-refractivity contribution < 1.29 is 0 Å². The van der Waals surface area contributed by atoms with Crippen LogP contribution in [-0.2, 0) is 0 Å². The smallest absolute Gasteiger partial charge is 0.0109 e. The molecule has 0 unspecified atom stereocenters. The second-order valence-corrected chi connectivity index (χ2v) is 7.24. The average molecular weight is 281 g/mol. The Balaban J connectivity index is 1.52. The van der Waals surface area contributed by atoms with Gasteiger partial charge < -0.3 is 15.1 Å². The maximum absolute atomic E-state index is 3.63. The minimum atomic E-state index is 0.777. The lowest BCUT2D eigenvalue weighted by atomic mass is 9.96. The Labute approximate surface area is 126 Å². The Kier molecular flexibility index (Phi) is 7.32. The molecule has 0 radical (unpaired) electrons. The summed E-state index contributed by atoms with van der Waals surface area (Å²) in [6, 6.07) is 0. The van der Waals surface area contributed by atoms with Crippen LogP contribution in [0.4, 0.5) is 0 Å². The molecule has 3 nitrogen and oxygen atoms in total. The van der Waals surface area contributed by atoms with Crippen LogP contribution in [0.5, 0.6) is 0 Å². The SMILES string of the molecule is CC(C)CNCC1CCN(CCN2CCCCC2)CC1. The first-order valence-corrected chi connectivity index (χ1v) is 8.89. The molecule has 1 N–H and O–H groups in total. The van der Waals surface area contributed by atoms with Crippen LogP contribution in [-0.4, -0.2) is 62.2 Å². The van der Waals surface area contributed by atoms with Crippen molar-refractivity contribution in [2.45, 2.75) is 46.0 Å². The van der Waals surface area contributed by atoms with Gasteiger partial charge in [-0.15, -0.1) is 0 Å². The fourth-order valence-electron chi connectivity index (χ4n) is 3.46. The summed E-state index contributed by atoms with van der Waals surface area (Å²) in [6.07, 6.45) is 7.08. The third-order valence-electron chi connectivity index (χ3n) is 4.87. The Morgan fingerprint density at radius 3 is 2.10 bits per heavy atom. The van der Waals surface area contributed by atoms with Gasteiger partial charge >= 0.3 is 0 Å². The molecule has 20 heavy (non-hydrogen) atoms. The third kappa shape index (κ3) is 6.11. The number of rotatable bonds is 7. The first-order valence-electron chi connectivity index (χ1n) is 8.89. The van der Waals surface area contributed by atoms with Crippen molar-refractivity contribution in [3.8, 4) is 0 Å². The summed E-state index contributed by atoms with van der Waals surface area (Å²) in [4.78, 5) is 5.35. The summed E-state index contributed by atoms with van der Waals surface area (Å²) in [6.45, 7) is 14.9. The number of likely N-dealkylation sites (tertiary alicyclic amines) is 2. The van der Waals surface area contributed by atoms with E-state index in [9.17, 15) is 0 Å². The fraction of sp³-hybridized carbons (Fsp3) is 1.00. The van der Waals surface area contributed by atoms with Gasteiger partial charge in [0.15, 0.2) is 0 Å². The van der Waals surface area contributed by atoms with Gasteiger partial charge in [-0.25, -0.2) is 0 Å². The predicted octanol–water partition coefficient (Wildman–Crippen LogP) is 2.43. The van der Waals surface area contributed by atoms with Crippen LogP contribution in [0.15, 0.2) is 0 Å². The summed E-state index contributed by atoms with van der Waals surface area (Å²) in [5.74, 6) is 1.69. The minimum Gasteiger partial charge on any atom is -0.316 e. The van der Waals surface area contributed by atoms with Gasteiger partial charge in [-0.05, 0) is 76.8 Å². The molecule has 2 heterocycles. The standard InChI is InChI=1S/C17H35N3/c1-16(2)14-18-15-17-6-10-20(11-7-17)13-12-19-8-4-3-5-9-19/h16-18H,3-15H2,1-2H3. The first kappa shape index (κ1) is 16.3. The van der Waals surface area contributed by atoms with Crippen molar-refractivity contribution in [3.63, 3.8) is 0 Å². The monoisotopic (exact) mass is 281 g/mol. The Morgan fingerprint density at radius 2 is 1.50 bits per heavy atom. The zero-order chi connectivity index (χ0) is 14.2. The molecule has 0 saturated carbocycles. The lowest BCUT2D eigenvalue weighted by molar-refractivity contribution is 0.145. The molecule has 0 aliphatic carbocycles. The van der Waals surface area contributed by atoms with E-state index in [-0.39, 0.29) is 0 Å². The van der Waals surface area contributed by atoms with Crippen LogP contribution in [0, 0.1) is 11.8 Å². The van der Waals surface area contributed by atoms with E-state index in [1.807, 2.05) is 0 Å². The summed E-state index contributed by atoms with van der Waals surface area (Å²) >= 11 is 0. The predicted molar refractivity (Wildman–Crippen MR) is 87.2 cm³/mol. The zero-order valence-electron chi connectivity index (χ0n) is 13.7. The van der Waals surface area contributed by atoms with E-state index in [0.29, 0.717) is 0 Å². The van der Waals surface area contributed by atoms with E-state index in [4.69, 9.17) is 0 Å². The lowest BCUT2D eigenvalue weighted by Crippen LogP contribution is -2.42. The van der Waals surface area contributed by atoms with E-state index in [1.165, 1.54) is 84.5 Å². The number of piperidine rings is 2. The molecular weight excluding hydrogens is 246 g/mol. The Hall–Kier alpha value is -0.120. The molecule has 2 aliphatic rings. The third-order valence-corrected chi connectivity index (χ3v) is 4.87. The molecule has 0 aromatic carbocycles. The van der Waals surface area contributed by atoms with Gasteiger partial charge in [-0.3, -0.25) is 0 Å². The molecule has 0 aromatic rings. The zero-order valence-corrected chi connectivity index (χ0v) is 13.7. The summed E-state index contributed by atoms with van der Waals surface area (Å²) in [7, 11) is 0. The van der Waals surface area contributed by atoms with Crippen LogP contribution in [0.1, 0.15) is 46.0 Å². The molecule has 0 bridgehead atoms. The number of nitrogens with one attached hydrogen (secondary N) is 1. The van der Waals surface area contributed by atoms with Gasteiger partial charge in [0.25, 0.3) is 0 Å². The molecule has 2 saturated heterocycles. The molecule has 2 aliphatic heterocycles. The van der Waals surface area contributed by atoms with E-state index in [1.54, 1.807) is 0 Å². The second kappa shape index (κ2) is 9.01. The van der Waals surface area contributed by atoms with Crippen LogP contribution in [0.3, 0.4) is 0 Å². The summed E-state index contributed by atoms with van der Waals surface area (Å²) in [5, 5.41) is 3.63. The van der Waals surface area contributed by atoms with Gasteiger partial charge in [0, 0.05) is 13.1 Å². The summed E-state index contributed by atoms with van der Waals surface area (Å²) in [5.41, 5.74) is 0. The first-order chi connectivity index (χ1) is 9.74. The highest BCUT2D eigenvalue weighted by Gasteiger charge is 2.19. The minimum absolute atomic E-state index is 0.777. The summed E-state index contributed by atoms with van der Waals surface area (Å²) < 4.78 is 0. The van der Waals surface area contributed by atoms with Crippen molar-refractivity contribution in [1.29, 1.82) is 0 Å². The van der Waals surface area contributed by atoms with Crippen molar-refractivity contribution in [3.05, 3.63) is 0 Å². The highest BCUT2D eigenvalue weighted by Crippen LogP contribution is 2.16. The quantitative estimate of drug-likeness (QED) is 0.773. The topological polar surface area (TPSA) is 18.5 Å². The van der Waals surface area contributed by atoms with Crippen LogP contribution < -0.4 is 5.32 Å². The van der Waals surface area contributed by atoms with Crippen molar-refractivity contribution >= 4 is 0 Å². The Morgan fingerprint density at radius 1 is 0.900 bits per heavy atom. The maximum Gasteiger partial charge on any atom is 0.0109 e. The second-order valence-electron chi connectivity index (χ2n) is 7.24. The van der Waals surface area contributed by atoms with Crippen LogP contribution >= 0.6 is 0 Å². The van der Waals surface area contributed by atoms with Crippen molar-refractivity contribution in [2.24, 2.45) is 11.8 Å². The molecule has 0 spiro atoms. The van der Waals surface area contributed by atoms with Crippen LogP contribution in [0.2, 0.25) is 0 Å². The average Bonchev–Trinajstić information content (AvgIpc) is 2.47. The Bertz CT molecular complexity index is 241. The van der Waals surface area contributed by atoms with Gasteiger partial charge in [-0.2, -0.15) is 0 Å². The van der Waals surface area contributed by atoms with Gasteiger partial charge in [-0.1, -0.05) is 20.3 Å². The van der Waals surface area contributed by atoms with E-state index >= 15 is 0 Å². The van der Waals surface area contributed by atoms with Gasteiger partial charge in [0.1, 0.15) is 0 Å². The lowest BCUT2D eigenvalue weighted by Gasteiger charge is -2.34. The maximum atomic E-state index is 3.63. The molecule has 0 amide bonds. The van der Waals surface area contributed by atoms with E-state index in [0.717, 1.165) is 11.8 Å². The fourth-order valence-corrected chi connectivity index (χ4v) is 3.46. The van der Waals surface area contributed by atoms with Gasteiger partial charge in [0.05, 0.1) is 0 Å². The molecule has 2 fully saturated rings. The highest BCUT2D eigenvalue weighted by atomic mass is 15.2. The number of hydrogen-bond donors (Lipinski definition) is 1. The normalized spacial score (nSPS) is 23.6. The molecule has 3 heteroatoms. The largest absolute Gasteiger partial charge is 0.316 e. The van der Waals surface area contributed by atoms with Crippen molar-refractivity contribution in [2.75, 3.05) is 52.4 Å². The number of hydrogen-bond acceptors (Lipinski definition) is 3. The van der Waals surface area contributed by atoms with E-state index in [2.05, 4.69) is 29.0 Å². The highest BCUT2D eigenvalue weighted by molar-refractivity contribution is 4.75. The molecular formula is C17H35N3.